The van der Waals surface area contributed by atoms with E-state index in [1.54, 1.807) is 0 Å². The molecule has 0 amide bonds. The molecule has 68 valence electrons. The van der Waals surface area contributed by atoms with E-state index in [1.165, 1.54) is 5.57 Å². The zero-order valence-electron chi connectivity index (χ0n) is 8.86. The minimum atomic E-state index is 0.611. The van der Waals surface area contributed by atoms with E-state index in [0.717, 1.165) is 6.42 Å². The molecule has 0 aromatic rings. The van der Waals surface area contributed by atoms with Crippen molar-refractivity contribution in [3.63, 3.8) is 0 Å². The lowest BCUT2D eigenvalue weighted by atomic mass is 10.2. The van der Waals surface area contributed by atoms with E-state index in [4.69, 9.17) is 0 Å². The normalized spacial score (nSPS) is 11.1. The summed E-state index contributed by atoms with van der Waals surface area (Å²) in [6.45, 7) is 10.4. The highest BCUT2D eigenvalue weighted by Crippen LogP contribution is 1.96. The Morgan fingerprint density at radius 2 is 1.82 bits per heavy atom. The average Bonchev–Trinajstić information content (AvgIpc) is 2.04. The van der Waals surface area contributed by atoms with Gasteiger partial charge in [0.1, 0.15) is 0 Å². The van der Waals surface area contributed by atoms with Crippen molar-refractivity contribution in [2.75, 3.05) is 7.05 Å². The third-order valence-corrected chi connectivity index (χ3v) is 1.37. The largest absolute Gasteiger partial charge is 0.317 e. The summed E-state index contributed by atoms with van der Waals surface area (Å²) in [6.07, 6.45) is 3.39. The smallest absolute Gasteiger partial charge is 0.00703 e. The van der Waals surface area contributed by atoms with E-state index in [1.807, 2.05) is 20.9 Å². The lowest BCUT2D eigenvalue weighted by molar-refractivity contribution is 0.618. The zero-order chi connectivity index (χ0) is 9.28. The molecule has 0 bridgehead atoms. The van der Waals surface area contributed by atoms with Crippen molar-refractivity contribution >= 4 is 0 Å². The van der Waals surface area contributed by atoms with Gasteiger partial charge in [-0.3, -0.25) is 0 Å². The second kappa shape index (κ2) is 9.70. The van der Waals surface area contributed by atoms with Crippen molar-refractivity contribution < 1.29 is 0 Å². The molecule has 0 saturated heterocycles. The van der Waals surface area contributed by atoms with Crippen molar-refractivity contribution in [2.45, 2.75) is 47.1 Å². The molecule has 0 heterocycles. The number of hydrogen-bond donors (Lipinski definition) is 1. The molecule has 0 spiro atoms. The molecule has 1 nitrogen and oxygen atoms in total. The predicted molar refractivity (Wildman–Crippen MR) is 53.9 cm³/mol. The number of nitrogens with one attached hydrogen (secondary N) is 1. The second-order valence-corrected chi connectivity index (χ2v) is 2.71. The molecule has 1 N–H and O–H groups in total. The summed E-state index contributed by atoms with van der Waals surface area (Å²) in [5, 5.41) is 3.18. The van der Waals surface area contributed by atoms with Gasteiger partial charge in [-0.25, -0.2) is 0 Å². The molecule has 0 radical (unpaired) electrons. The second-order valence-electron chi connectivity index (χ2n) is 2.71. The van der Waals surface area contributed by atoms with Gasteiger partial charge in [-0.2, -0.15) is 0 Å². The highest BCUT2D eigenvalue weighted by Gasteiger charge is 1.91. The van der Waals surface area contributed by atoms with Gasteiger partial charge in [-0.1, -0.05) is 25.5 Å². The van der Waals surface area contributed by atoms with Gasteiger partial charge in [0.25, 0.3) is 0 Å². The SMILES string of the molecule is CC.CNC(C)CC=C(C)C. The highest BCUT2D eigenvalue weighted by molar-refractivity contribution is 4.94. The van der Waals surface area contributed by atoms with Crippen molar-refractivity contribution in [3.05, 3.63) is 11.6 Å². The molecule has 0 aromatic heterocycles. The molecule has 0 fully saturated rings. The Morgan fingerprint density at radius 1 is 1.36 bits per heavy atom. The monoisotopic (exact) mass is 157 g/mol. The Labute approximate surface area is 71.9 Å². The predicted octanol–water partition coefficient (Wildman–Crippen LogP) is 2.98. The highest BCUT2D eigenvalue weighted by atomic mass is 14.8. The molecule has 0 aliphatic carbocycles. The van der Waals surface area contributed by atoms with Crippen LogP contribution < -0.4 is 5.32 Å². The van der Waals surface area contributed by atoms with Crippen molar-refractivity contribution in [1.29, 1.82) is 0 Å². The summed E-state index contributed by atoms with van der Waals surface area (Å²) in [7, 11) is 1.99. The Morgan fingerprint density at radius 3 is 2.09 bits per heavy atom. The molecule has 0 rings (SSSR count). The molecule has 0 aliphatic heterocycles. The molecule has 0 aliphatic rings. The molecular weight excluding hydrogens is 134 g/mol. The molecule has 0 saturated carbocycles. The molecule has 11 heavy (non-hydrogen) atoms. The first-order valence-corrected chi connectivity index (χ1v) is 4.47. The van der Waals surface area contributed by atoms with Crippen LogP contribution in [0.1, 0.15) is 41.0 Å². The van der Waals surface area contributed by atoms with Crippen LogP contribution in [0.15, 0.2) is 11.6 Å². The van der Waals surface area contributed by atoms with Crippen LogP contribution in [0.3, 0.4) is 0 Å². The van der Waals surface area contributed by atoms with Crippen LogP contribution in [0.4, 0.5) is 0 Å². The van der Waals surface area contributed by atoms with Gasteiger partial charge >= 0.3 is 0 Å². The summed E-state index contributed by atoms with van der Waals surface area (Å²) < 4.78 is 0. The van der Waals surface area contributed by atoms with Crippen LogP contribution >= 0.6 is 0 Å². The fraction of sp³-hybridized carbons (Fsp3) is 0.800. The van der Waals surface area contributed by atoms with Crippen molar-refractivity contribution in [1.82, 2.24) is 5.32 Å². The average molecular weight is 157 g/mol. The van der Waals surface area contributed by atoms with Crippen LogP contribution in [0.5, 0.6) is 0 Å². The van der Waals surface area contributed by atoms with Gasteiger partial charge in [-0.15, -0.1) is 0 Å². The number of rotatable bonds is 3. The Balaban J connectivity index is 0. The first-order chi connectivity index (χ1) is 5.16. The lowest BCUT2D eigenvalue weighted by Gasteiger charge is -2.05. The summed E-state index contributed by atoms with van der Waals surface area (Å²) >= 11 is 0. The van der Waals surface area contributed by atoms with Crippen LogP contribution in [0, 0.1) is 0 Å². The third kappa shape index (κ3) is 12.8. The lowest BCUT2D eigenvalue weighted by Crippen LogP contribution is -2.19. The summed E-state index contributed by atoms with van der Waals surface area (Å²) in [5.41, 5.74) is 1.40. The Kier molecular flexibility index (Phi) is 11.7. The molecular formula is C10H23N. The maximum absolute atomic E-state index is 3.18. The standard InChI is InChI=1S/C8H17N.C2H6/c1-7(2)5-6-8(3)9-4;1-2/h5,8-9H,6H2,1-4H3;1-2H3. The van der Waals surface area contributed by atoms with Crippen LogP contribution in [-0.2, 0) is 0 Å². The summed E-state index contributed by atoms with van der Waals surface area (Å²) in [5.74, 6) is 0. The van der Waals surface area contributed by atoms with Gasteiger partial charge < -0.3 is 5.32 Å². The zero-order valence-corrected chi connectivity index (χ0v) is 8.86. The minimum absolute atomic E-state index is 0.611. The molecule has 1 atom stereocenters. The van der Waals surface area contributed by atoms with Crippen LogP contribution in [0.2, 0.25) is 0 Å². The Hall–Kier alpha value is -0.300. The van der Waals surface area contributed by atoms with Gasteiger partial charge in [-0.05, 0) is 34.2 Å². The van der Waals surface area contributed by atoms with E-state index < -0.39 is 0 Å². The van der Waals surface area contributed by atoms with Gasteiger partial charge in [0.05, 0.1) is 0 Å². The van der Waals surface area contributed by atoms with Crippen molar-refractivity contribution in [2.24, 2.45) is 0 Å². The minimum Gasteiger partial charge on any atom is -0.317 e. The third-order valence-electron chi connectivity index (χ3n) is 1.37. The first kappa shape index (κ1) is 13.3. The molecule has 1 unspecified atom stereocenters. The molecule has 1 heteroatoms. The molecule has 0 aromatic carbocycles. The quantitative estimate of drug-likeness (QED) is 0.621. The maximum Gasteiger partial charge on any atom is 0.00703 e. The van der Waals surface area contributed by atoms with Gasteiger partial charge in [0, 0.05) is 6.04 Å². The Bertz CT molecular complexity index is 91.0. The fourth-order valence-electron chi connectivity index (χ4n) is 0.530. The van der Waals surface area contributed by atoms with E-state index in [9.17, 15) is 0 Å². The maximum atomic E-state index is 3.18. The van der Waals surface area contributed by atoms with Crippen LogP contribution in [0.25, 0.3) is 0 Å². The number of allylic oxidation sites excluding steroid dienone is 1. The first-order valence-electron chi connectivity index (χ1n) is 4.47. The van der Waals surface area contributed by atoms with Crippen molar-refractivity contribution in [3.8, 4) is 0 Å². The van der Waals surface area contributed by atoms with Gasteiger partial charge in [0.2, 0.25) is 0 Å². The van der Waals surface area contributed by atoms with E-state index >= 15 is 0 Å². The fourth-order valence-corrected chi connectivity index (χ4v) is 0.530. The van der Waals surface area contributed by atoms with Crippen LogP contribution in [-0.4, -0.2) is 13.1 Å². The van der Waals surface area contributed by atoms with E-state index in [2.05, 4.69) is 32.2 Å². The van der Waals surface area contributed by atoms with Gasteiger partial charge in [0.15, 0.2) is 0 Å². The number of hydrogen-bond acceptors (Lipinski definition) is 1. The van der Waals surface area contributed by atoms with E-state index in [0.29, 0.717) is 6.04 Å². The van der Waals surface area contributed by atoms with E-state index in [-0.39, 0.29) is 0 Å². The summed E-state index contributed by atoms with van der Waals surface area (Å²) in [4.78, 5) is 0. The summed E-state index contributed by atoms with van der Waals surface area (Å²) in [6, 6.07) is 0.611. The topological polar surface area (TPSA) is 12.0 Å².